The molecule has 2 atom stereocenters. The number of primary amides is 1. The Labute approximate surface area is 106 Å². The summed E-state index contributed by atoms with van der Waals surface area (Å²) in [5.74, 6) is 1.05. The van der Waals surface area contributed by atoms with E-state index in [4.69, 9.17) is 5.73 Å². The van der Waals surface area contributed by atoms with Crippen molar-refractivity contribution in [2.24, 2.45) is 11.7 Å². The van der Waals surface area contributed by atoms with Crippen molar-refractivity contribution in [2.45, 2.75) is 19.4 Å². The second kappa shape index (κ2) is 4.24. The van der Waals surface area contributed by atoms with Crippen molar-refractivity contribution in [2.75, 3.05) is 24.5 Å². The van der Waals surface area contributed by atoms with Gasteiger partial charge in [0.25, 0.3) is 5.91 Å². The van der Waals surface area contributed by atoms with Crippen LogP contribution in [0.25, 0.3) is 0 Å². The van der Waals surface area contributed by atoms with Gasteiger partial charge in [-0.05, 0) is 30.9 Å². The minimum Gasteiger partial charge on any atom is -0.365 e. The molecular weight excluding hydrogens is 228 g/mol. The highest BCUT2D eigenvalue weighted by atomic mass is 16.1. The average Bonchev–Trinajstić information content (AvgIpc) is 2.89. The third-order valence-electron chi connectivity index (χ3n) is 4.10. The zero-order valence-electron chi connectivity index (χ0n) is 10.5. The Kier molecular flexibility index (Phi) is 2.70. The van der Waals surface area contributed by atoms with Crippen LogP contribution < -0.4 is 16.0 Å². The Hall–Kier alpha value is -1.62. The van der Waals surface area contributed by atoms with Crippen molar-refractivity contribution in [1.82, 2.24) is 10.3 Å². The maximum absolute atomic E-state index is 11.6. The lowest BCUT2D eigenvalue weighted by Crippen LogP contribution is -2.36. The topological polar surface area (TPSA) is 71.2 Å². The maximum atomic E-state index is 11.6. The van der Waals surface area contributed by atoms with E-state index in [-0.39, 0.29) is 5.91 Å². The molecule has 1 amide bonds. The fourth-order valence-electron chi connectivity index (χ4n) is 3.18. The van der Waals surface area contributed by atoms with Crippen molar-refractivity contribution in [3.05, 3.63) is 23.4 Å². The molecule has 0 saturated carbocycles. The van der Waals surface area contributed by atoms with Crippen LogP contribution in [-0.2, 0) is 0 Å². The number of carbonyl (C=O) groups is 1. The Morgan fingerprint density at radius 3 is 3.17 bits per heavy atom. The van der Waals surface area contributed by atoms with Crippen LogP contribution in [0.2, 0.25) is 0 Å². The smallest absolute Gasteiger partial charge is 0.252 e. The number of nitrogens with zero attached hydrogens (tertiary/aromatic N) is 2. The number of aromatic nitrogens is 1. The van der Waals surface area contributed by atoms with Crippen LogP contribution in [0.1, 0.15) is 22.3 Å². The summed E-state index contributed by atoms with van der Waals surface area (Å²) in [5.41, 5.74) is 6.98. The SMILES string of the molecule is Cc1ccnc(N2CC[C@H]3CNC[C@H]32)c1C(N)=O. The summed E-state index contributed by atoms with van der Waals surface area (Å²) in [6.45, 7) is 4.91. The van der Waals surface area contributed by atoms with Gasteiger partial charge in [0.2, 0.25) is 0 Å². The first kappa shape index (κ1) is 11.5. The second-order valence-corrected chi connectivity index (χ2v) is 5.16. The van der Waals surface area contributed by atoms with Gasteiger partial charge in [0.15, 0.2) is 0 Å². The lowest BCUT2D eigenvalue weighted by Gasteiger charge is -2.26. The van der Waals surface area contributed by atoms with Crippen molar-refractivity contribution in [3.8, 4) is 0 Å². The summed E-state index contributed by atoms with van der Waals surface area (Å²) in [7, 11) is 0. The van der Waals surface area contributed by atoms with Gasteiger partial charge >= 0.3 is 0 Å². The van der Waals surface area contributed by atoms with E-state index < -0.39 is 0 Å². The molecule has 2 aliphatic rings. The van der Waals surface area contributed by atoms with E-state index in [1.54, 1.807) is 6.20 Å². The number of hydrogen-bond donors (Lipinski definition) is 2. The number of amides is 1. The summed E-state index contributed by atoms with van der Waals surface area (Å²) in [6.07, 6.45) is 2.91. The molecule has 2 fully saturated rings. The molecule has 96 valence electrons. The van der Waals surface area contributed by atoms with Gasteiger partial charge in [-0.2, -0.15) is 0 Å². The molecule has 0 aromatic carbocycles. The predicted octanol–water partition coefficient (Wildman–Crippen LogP) is 0.287. The molecule has 0 radical (unpaired) electrons. The molecule has 5 nitrogen and oxygen atoms in total. The van der Waals surface area contributed by atoms with Crippen molar-refractivity contribution in [1.29, 1.82) is 0 Å². The molecule has 18 heavy (non-hydrogen) atoms. The maximum Gasteiger partial charge on any atom is 0.252 e. The molecule has 5 heteroatoms. The summed E-state index contributed by atoms with van der Waals surface area (Å²) < 4.78 is 0. The number of aryl methyl sites for hydroxylation is 1. The van der Waals surface area contributed by atoms with Gasteiger partial charge < -0.3 is 16.0 Å². The normalized spacial score (nSPS) is 26.4. The zero-order valence-corrected chi connectivity index (χ0v) is 10.5. The van der Waals surface area contributed by atoms with Gasteiger partial charge in [0.1, 0.15) is 5.82 Å². The molecule has 0 aliphatic carbocycles. The van der Waals surface area contributed by atoms with Crippen LogP contribution in [0, 0.1) is 12.8 Å². The van der Waals surface area contributed by atoms with E-state index >= 15 is 0 Å². The van der Waals surface area contributed by atoms with Crippen molar-refractivity contribution >= 4 is 11.7 Å². The quantitative estimate of drug-likeness (QED) is 0.786. The van der Waals surface area contributed by atoms with E-state index in [2.05, 4.69) is 15.2 Å². The van der Waals surface area contributed by atoms with Gasteiger partial charge in [-0.1, -0.05) is 0 Å². The van der Waals surface area contributed by atoms with E-state index in [9.17, 15) is 4.79 Å². The number of hydrogen-bond acceptors (Lipinski definition) is 4. The third-order valence-corrected chi connectivity index (χ3v) is 4.10. The lowest BCUT2D eigenvalue weighted by molar-refractivity contribution is 0.1000. The van der Waals surface area contributed by atoms with Crippen LogP contribution in [0.15, 0.2) is 12.3 Å². The number of anilines is 1. The minimum absolute atomic E-state index is 0.384. The Morgan fingerprint density at radius 1 is 1.56 bits per heavy atom. The number of nitrogens with two attached hydrogens (primary N) is 1. The van der Waals surface area contributed by atoms with Gasteiger partial charge in [-0.3, -0.25) is 4.79 Å². The molecule has 2 aliphatic heterocycles. The zero-order chi connectivity index (χ0) is 12.7. The van der Waals surface area contributed by atoms with Crippen LogP contribution >= 0.6 is 0 Å². The van der Waals surface area contributed by atoms with Gasteiger partial charge in [-0.25, -0.2) is 4.98 Å². The first-order chi connectivity index (χ1) is 8.68. The largest absolute Gasteiger partial charge is 0.365 e. The highest BCUT2D eigenvalue weighted by Gasteiger charge is 2.39. The van der Waals surface area contributed by atoms with Crippen LogP contribution in [0.4, 0.5) is 5.82 Å². The molecule has 3 N–H and O–H groups in total. The third kappa shape index (κ3) is 1.66. The highest BCUT2D eigenvalue weighted by molar-refractivity contribution is 5.99. The molecule has 3 heterocycles. The molecule has 0 unspecified atom stereocenters. The van der Waals surface area contributed by atoms with E-state index in [0.29, 0.717) is 17.5 Å². The van der Waals surface area contributed by atoms with E-state index in [1.807, 2.05) is 13.0 Å². The Balaban J connectivity index is 2.02. The number of carbonyl (C=O) groups excluding carboxylic acids is 1. The number of fused-ring (bicyclic) bond motifs is 1. The fourth-order valence-corrected chi connectivity index (χ4v) is 3.18. The summed E-state index contributed by atoms with van der Waals surface area (Å²) in [6, 6.07) is 2.29. The van der Waals surface area contributed by atoms with E-state index in [0.717, 1.165) is 37.4 Å². The monoisotopic (exact) mass is 246 g/mol. The summed E-state index contributed by atoms with van der Waals surface area (Å²) in [5, 5.41) is 3.40. The Morgan fingerprint density at radius 2 is 2.39 bits per heavy atom. The van der Waals surface area contributed by atoms with Crippen molar-refractivity contribution < 1.29 is 4.79 Å². The molecule has 1 aromatic rings. The standard InChI is InChI=1S/C13H18N4O/c1-8-2-4-16-13(11(8)12(14)18)17-5-3-9-6-15-7-10(9)17/h2,4,9-10,15H,3,5-7H2,1H3,(H2,14,18)/t9-,10+/m0/s1. The minimum atomic E-state index is -0.384. The summed E-state index contributed by atoms with van der Waals surface area (Å²) >= 11 is 0. The van der Waals surface area contributed by atoms with E-state index in [1.165, 1.54) is 0 Å². The lowest BCUT2D eigenvalue weighted by atomic mass is 10.0. The second-order valence-electron chi connectivity index (χ2n) is 5.16. The fraction of sp³-hybridized carbons (Fsp3) is 0.538. The molecule has 0 bridgehead atoms. The first-order valence-electron chi connectivity index (χ1n) is 6.41. The number of rotatable bonds is 2. The van der Waals surface area contributed by atoms with Crippen LogP contribution in [0.3, 0.4) is 0 Å². The predicted molar refractivity (Wildman–Crippen MR) is 69.6 cm³/mol. The van der Waals surface area contributed by atoms with Crippen LogP contribution in [0.5, 0.6) is 0 Å². The van der Waals surface area contributed by atoms with Gasteiger partial charge in [0, 0.05) is 31.9 Å². The average molecular weight is 246 g/mol. The van der Waals surface area contributed by atoms with Gasteiger partial charge in [0.05, 0.1) is 5.56 Å². The van der Waals surface area contributed by atoms with Crippen molar-refractivity contribution in [3.63, 3.8) is 0 Å². The van der Waals surface area contributed by atoms with Crippen LogP contribution in [-0.4, -0.2) is 36.6 Å². The highest BCUT2D eigenvalue weighted by Crippen LogP contribution is 2.33. The number of pyridine rings is 1. The first-order valence-corrected chi connectivity index (χ1v) is 6.41. The number of nitrogens with one attached hydrogen (secondary N) is 1. The molecular formula is C13H18N4O. The Bertz CT molecular complexity index is 488. The molecule has 2 saturated heterocycles. The molecule has 1 aromatic heterocycles. The summed E-state index contributed by atoms with van der Waals surface area (Å²) in [4.78, 5) is 18.3. The molecule has 0 spiro atoms. The molecule has 3 rings (SSSR count). The van der Waals surface area contributed by atoms with Gasteiger partial charge in [-0.15, -0.1) is 0 Å².